The fraction of sp³-hybridized carbons (Fsp3) is 0.400. The van der Waals surface area contributed by atoms with Crippen molar-refractivity contribution >= 4 is 0 Å². The molecule has 0 saturated carbocycles. The number of hydrogen-bond acceptors (Lipinski definition) is 3. The van der Waals surface area contributed by atoms with Crippen LogP contribution in [-0.2, 0) is 13.1 Å². The summed E-state index contributed by atoms with van der Waals surface area (Å²) in [6.45, 7) is 5.98. The molecule has 0 bridgehead atoms. The maximum Gasteiger partial charge on any atom is 0.118 e. The number of rotatable bonds is 6. The molecule has 1 heterocycles. The first-order chi connectivity index (χ1) is 9.22. The van der Waals surface area contributed by atoms with Gasteiger partial charge < -0.3 is 10.1 Å². The Morgan fingerprint density at radius 1 is 1.32 bits per heavy atom. The predicted molar refractivity (Wildman–Crippen MR) is 76.1 cm³/mol. The van der Waals surface area contributed by atoms with E-state index in [2.05, 4.69) is 42.6 Å². The van der Waals surface area contributed by atoms with Crippen LogP contribution in [0.3, 0.4) is 0 Å². The summed E-state index contributed by atoms with van der Waals surface area (Å²) in [4.78, 5) is 0. The van der Waals surface area contributed by atoms with Crippen LogP contribution < -0.4 is 10.1 Å². The zero-order chi connectivity index (χ0) is 13.7. The van der Waals surface area contributed by atoms with Gasteiger partial charge in [-0.25, -0.2) is 0 Å². The van der Waals surface area contributed by atoms with Gasteiger partial charge in [0.1, 0.15) is 5.75 Å². The molecule has 2 rings (SSSR count). The second-order valence-electron chi connectivity index (χ2n) is 4.58. The lowest BCUT2D eigenvalue weighted by Crippen LogP contribution is -2.17. The van der Waals surface area contributed by atoms with Crippen molar-refractivity contribution in [2.24, 2.45) is 0 Å². The van der Waals surface area contributed by atoms with Gasteiger partial charge in [-0.05, 0) is 31.5 Å². The van der Waals surface area contributed by atoms with Crippen LogP contribution in [0.5, 0.6) is 5.75 Å². The van der Waals surface area contributed by atoms with Crippen LogP contribution in [0, 0.1) is 0 Å². The standard InChI is InChI=1S/C15H21N3O/c1-4-18-11-13(10-17-18)9-16-12(2)14-5-7-15(19-3)8-6-14/h5-8,10-12,16H,4,9H2,1-3H3/t12-/m1/s1. The predicted octanol–water partition coefficient (Wildman–Crippen LogP) is 2.76. The lowest BCUT2D eigenvalue weighted by atomic mass is 10.1. The lowest BCUT2D eigenvalue weighted by Gasteiger charge is -2.14. The van der Waals surface area contributed by atoms with E-state index in [4.69, 9.17) is 4.74 Å². The molecule has 0 fully saturated rings. The molecule has 4 heteroatoms. The Balaban J connectivity index is 1.90. The van der Waals surface area contributed by atoms with Crippen molar-refractivity contribution in [3.8, 4) is 5.75 Å². The van der Waals surface area contributed by atoms with Gasteiger partial charge in [0.15, 0.2) is 0 Å². The Morgan fingerprint density at radius 3 is 2.63 bits per heavy atom. The van der Waals surface area contributed by atoms with Crippen molar-refractivity contribution in [3.63, 3.8) is 0 Å². The number of ether oxygens (including phenoxy) is 1. The summed E-state index contributed by atoms with van der Waals surface area (Å²) in [6.07, 6.45) is 3.99. The number of nitrogens with zero attached hydrogens (tertiary/aromatic N) is 2. The summed E-state index contributed by atoms with van der Waals surface area (Å²) < 4.78 is 7.10. The summed E-state index contributed by atoms with van der Waals surface area (Å²) in [5.41, 5.74) is 2.46. The topological polar surface area (TPSA) is 39.1 Å². The molecule has 0 saturated heterocycles. The SMILES string of the molecule is CCn1cc(CN[C@H](C)c2ccc(OC)cc2)cn1. The lowest BCUT2D eigenvalue weighted by molar-refractivity contribution is 0.414. The zero-order valence-corrected chi connectivity index (χ0v) is 11.8. The molecule has 1 aromatic heterocycles. The minimum absolute atomic E-state index is 0.302. The van der Waals surface area contributed by atoms with Gasteiger partial charge >= 0.3 is 0 Å². The number of hydrogen-bond donors (Lipinski definition) is 1. The molecule has 1 atom stereocenters. The molecule has 1 N–H and O–H groups in total. The van der Waals surface area contributed by atoms with Crippen molar-refractivity contribution in [1.29, 1.82) is 0 Å². The fourth-order valence-electron chi connectivity index (χ4n) is 1.95. The minimum Gasteiger partial charge on any atom is -0.497 e. The van der Waals surface area contributed by atoms with Crippen LogP contribution >= 0.6 is 0 Å². The van der Waals surface area contributed by atoms with Crippen molar-refractivity contribution in [1.82, 2.24) is 15.1 Å². The monoisotopic (exact) mass is 259 g/mol. The van der Waals surface area contributed by atoms with Crippen LogP contribution in [0.1, 0.15) is 31.0 Å². The van der Waals surface area contributed by atoms with Crippen molar-refractivity contribution < 1.29 is 4.74 Å². The molecule has 0 spiro atoms. The first-order valence-corrected chi connectivity index (χ1v) is 6.61. The van der Waals surface area contributed by atoms with Crippen LogP contribution in [0.25, 0.3) is 0 Å². The second kappa shape index (κ2) is 6.38. The van der Waals surface area contributed by atoms with E-state index in [1.807, 2.05) is 23.0 Å². The molecule has 19 heavy (non-hydrogen) atoms. The van der Waals surface area contributed by atoms with Crippen molar-refractivity contribution in [2.75, 3.05) is 7.11 Å². The Labute approximate surface area is 114 Å². The molecule has 2 aromatic rings. The van der Waals surface area contributed by atoms with E-state index < -0.39 is 0 Å². The Kier molecular flexibility index (Phi) is 4.58. The number of nitrogens with one attached hydrogen (secondary N) is 1. The normalized spacial score (nSPS) is 12.4. The Hall–Kier alpha value is -1.81. The van der Waals surface area contributed by atoms with Crippen LogP contribution in [0.2, 0.25) is 0 Å². The van der Waals surface area contributed by atoms with Crippen molar-refractivity contribution in [3.05, 3.63) is 47.8 Å². The summed E-state index contributed by atoms with van der Waals surface area (Å²) in [5.74, 6) is 0.889. The van der Waals surface area contributed by atoms with Gasteiger partial charge in [0, 0.05) is 30.9 Å². The average Bonchev–Trinajstić information content (AvgIpc) is 2.93. The third-order valence-electron chi connectivity index (χ3n) is 3.24. The molecular formula is C15H21N3O. The molecule has 102 valence electrons. The zero-order valence-electron chi connectivity index (χ0n) is 11.8. The average molecular weight is 259 g/mol. The third-order valence-corrected chi connectivity index (χ3v) is 3.24. The quantitative estimate of drug-likeness (QED) is 0.867. The maximum absolute atomic E-state index is 5.16. The van der Waals surface area contributed by atoms with Gasteiger partial charge in [-0.15, -0.1) is 0 Å². The molecule has 0 unspecified atom stereocenters. The fourth-order valence-corrected chi connectivity index (χ4v) is 1.95. The van der Waals surface area contributed by atoms with Gasteiger partial charge in [-0.3, -0.25) is 4.68 Å². The summed E-state index contributed by atoms with van der Waals surface area (Å²) >= 11 is 0. The number of methoxy groups -OCH3 is 1. The largest absolute Gasteiger partial charge is 0.497 e. The summed E-state index contributed by atoms with van der Waals surface area (Å²) in [5, 5.41) is 7.76. The smallest absolute Gasteiger partial charge is 0.118 e. The highest BCUT2D eigenvalue weighted by atomic mass is 16.5. The first kappa shape index (κ1) is 13.6. The Bertz CT molecular complexity index is 504. The van der Waals surface area contributed by atoms with E-state index in [-0.39, 0.29) is 0 Å². The molecule has 1 aromatic carbocycles. The highest BCUT2D eigenvalue weighted by Crippen LogP contribution is 2.17. The van der Waals surface area contributed by atoms with Gasteiger partial charge in [-0.2, -0.15) is 5.10 Å². The molecular weight excluding hydrogens is 238 g/mol. The second-order valence-corrected chi connectivity index (χ2v) is 4.58. The molecule has 0 aliphatic rings. The summed E-state index contributed by atoms with van der Waals surface area (Å²) in [6, 6.07) is 8.46. The van der Waals surface area contributed by atoms with E-state index >= 15 is 0 Å². The van der Waals surface area contributed by atoms with Crippen LogP contribution in [0.15, 0.2) is 36.7 Å². The van der Waals surface area contributed by atoms with Crippen LogP contribution in [0.4, 0.5) is 0 Å². The van der Waals surface area contributed by atoms with Gasteiger partial charge in [-0.1, -0.05) is 12.1 Å². The van der Waals surface area contributed by atoms with Gasteiger partial charge in [0.05, 0.1) is 13.3 Å². The molecule has 0 aliphatic carbocycles. The van der Waals surface area contributed by atoms with Gasteiger partial charge in [0.25, 0.3) is 0 Å². The first-order valence-electron chi connectivity index (χ1n) is 6.61. The molecule has 0 aliphatic heterocycles. The highest BCUT2D eigenvalue weighted by molar-refractivity contribution is 5.28. The number of aromatic nitrogens is 2. The number of benzene rings is 1. The van der Waals surface area contributed by atoms with E-state index in [1.54, 1.807) is 7.11 Å². The van der Waals surface area contributed by atoms with E-state index in [9.17, 15) is 0 Å². The Morgan fingerprint density at radius 2 is 2.05 bits per heavy atom. The van der Waals surface area contributed by atoms with Gasteiger partial charge in [0.2, 0.25) is 0 Å². The molecule has 0 amide bonds. The molecule has 4 nitrogen and oxygen atoms in total. The molecule has 0 radical (unpaired) electrons. The highest BCUT2D eigenvalue weighted by Gasteiger charge is 2.05. The number of aryl methyl sites for hydroxylation is 1. The van der Waals surface area contributed by atoms with E-state index in [0.717, 1.165) is 18.8 Å². The van der Waals surface area contributed by atoms with E-state index in [0.29, 0.717) is 6.04 Å². The van der Waals surface area contributed by atoms with Crippen molar-refractivity contribution in [2.45, 2.75) is 33.0 Å². The maximum atomic E-state index is 5.16. The summed E-state index contributed by atoms with van der Waals surface area (Å²) in [7, 11) is 1.68. The van der Waals surface area contributed by atoms with Crippen LogP contribution in [-0.4, -0.2) is 16.9 Å². The van der Waals surface area contributed by atoms with E-state index in [1.165, 1.54) is 11.1 Å². The third kappa shape index (κ3) is 3.58. The minimum atomic E-state index is 0.302.